The number of nitrogens with one attached hydrogen (secondary N) is 3. The Morgan fingerprint density at radius 2 is 1.91 bits per heavy atom. The van der Waals surface area contributed by atoms with Gasteiger partial charge in [0.05, 0.1) is 24.3 Å². The van der Waals surface area contributed by atoms with E-state index < -0.39 is 17.9 Å². The number of nitrogens with zero attached hydrogens (tertiary/aromatic N) is 3. The number of hydrogen-bond acceptors (Lipinski definition) is 8. The Balaban J connectivity index is 0.00000253. The highest BCUT2D eigenvalue weighted by atomic mass is 35.5. The van der Waals surface area contributed by atoms with Gasteiger partial charge in [0.2, 0.25) is 5.91 Å². The molecule has 0 spiro atoms. The largest absolute Gasteiger partial charge is 0.507 e. The molecule has 2 amide bonds. The smallest absolute Gasteiger partial charge is 0.292 e. The van der Waals surface area contributed by atoms with Crippen molar-refractivity contribution in [3.05, 3.63) is 101 Å². The molecule has 6 N–H and O–H groups in total. The number of aromatic hydroxyl groups is 1. The molecule has 11 nitrogen and oxygen atoms in total. The topological polar surface area (TPSA) is 183 Å². The molecule has 5 rings (SSSR count). The second-order valence-electron chi connectivity index (χ2n) is 8.94. The highest BCUT2D eigenvalue weighted by molar-refractivity contribution is 6.30. The van der Waals surface area contributed by atoms with E-state index in [9.17, 15) is 20.0 Å². The van der Waals surface area contributed by atoms with Gasteiger partial charge < -0.3 is 30.9 Å². The van der Waals surface area contributed by atoms with Gasteiger partial charge in [0.1, 0.15) is 17.4 Å². The van der Waals surface area contributed by atoms with E-state index in [1.54, 1.807) is 54.7 Å². The van der Waals surface area contributed by atoms with Gasteiger partial charge in [0.15, 0.2) is 11.6 Å². The van der Waals surface area contributed by atoms with E-state index in [0.29, 0.717) is 27.4 Å². The average molecular weight is 641 g/mol. The molecule has 0 saturated carbocycles. The minimum Gasteiger partial charge on any atom is -0.507 e. The number of nitrogens with two attached hydrogens (primary N) is 1. The Morgan fingerprint density at radius 1 is 1.09 bits per heavy atom. The summed E-state index contributed by atoms with van der Waals surface area (Å²) in [6, 6.07) is 17.2. The summed E-state index contributed by atoms with van der Waals surface area (Å²) in [5.74, 6) is -1.20. The normalized spacial score (nSPS) is 10.9. The fourth-order valence-electron chi connectivity index (χ4n) is 4.14. The Morgan fingerprint density at radius 3 is 2.58 bits per heavy atom. The monoisotopic (exact) mass is 639 g/mol. The van der Waals surface area contributed by atoms with Crippen molar-refractivity contribution < 1.29 is 19.1 Å². The molecule has 3 heterocycles. The number of imidazole rings is 1. The van der Waals surface area contributed by atoms with E-state index in [2.05, 4.69) is 31.7 Å². The lowest BCUT2D eigenvalue weighted by Gasteiger charge is -2.15. The lowest BCUT2D eigenvalue weighted by molar-refractivity contribution is -0.117. The van der Waals surface area contributed by atoms with E-state index in [-0.39, 0.29) is 59.8 Å². The van der Waals surface area contributed by atoms with Crippen LogP contribution in [0, 0.1) is 11.3 Å². The van der Waals surface area contributed by atoms with Crippen LogP contribution in [0.15, 0.2) is 83.9 Å². The first kappa shape index (κ1) is 32.7. The molecule has 0 radical (unpaired) electrons. The molecule has 0 unspecified atom stereocenters. The molecule has 0 fully saturated rings. The van der Waals surface area contributed by atoms with Crippen LogP contribution in [0.3, 0.4) is 0 Å². The van der Waals surface area contributed by atoms with Gasteiger partial charge in [-0.1, -0.05) is 23.7 Å². The number of benzene rings is 2. The van der Waals surface area contributed by atoms with Gasteiger partial charge in [-0.3, -0.25) is 9.59 Å². The number of hydrogen-bond donors (Lipinski definition) is 5. The van der Waals surface area contributed by atoms with Crippen molar-refractivity contribution in [1.82, 2.24) is 15.0 Å². The van der Waals surface area contributed by atoms with Crippen molar-refractivity contribution in [2.24, 2.45) is 5.73 Å². The molecule has 0 aliphatic carbocycles. The molecule has 5 aromatic rings. The van der Waals surface area contributed by atoms with E-state index in [4.69, 9.17) is 21.8 Å². The van der Waals surface area contributed by atoms with Crippen LogP contribution in [-0.2, 0) is 11.2 Å². The Kier molecular flexibility index (Phi) is 10.9. The molecular formula is C29H24Cl3N7O4. The fraction of sp³-hybridized carbons (Fsp3) is 0.0690. The number of rotatable bonds is 8. The standard InChI is InChI=1S/C29H22ClN7O4.2ClH/c30-17-6-7-20(25(38)10-17)24-12-21(22(13-31)27(36-24)37-29(40)26-5-2-8-41-26)16-3-1-4-18(9-16)35-28(39)23(32)11-19-14-33-15-34-19;;/h1-10,12,14-15,23,38H,11,32H2,(H,33,34)(H,35,39)(H,36,37,40);2*1H/t23-;;/m0../s1. The van der Waals surface area contributed by atoms with Crippen molar-refractivity contribution in [2.45, 2.75) is 12.5 Å². The quantitative estimate of drug-likeness (QED) is 0.146. The van der Waals surface area contributed by atoms with Crippen LogP contribution in [-0.4, -0.2) is 37.9 Å². The summed E-state index contributed by atoms with van der Waals surface area (Å²) in [6.45, 7) is 0. The Hall–Kier alpha value is -4.86. The zero-order valence-electron chi connectivity index (χ0n) is 22.1. The first-order valence-electron chi connectivity index (χ1n) is 12.3. The fourth-order valence-corrected chi connectivity index (χ4v) is 4.30. The molecule has 0 saturated heterocycles. The van der Waals surface area contributed by atoms with Crippen molar-refractivity contribution >= 4 is 59.7 Å². The molecule has 0 aliphatic rings. The molecule has 0 aliphatic heterocycles. The lowest BCUT2D eigenvalue weighted by Crippen LogP contribution is -2.37. The molecule has 43 heavy (non-hydrogen) atoms. The molecule has 2 aromatic carbocycles. The van der Waals surface area contributed by atoms with E-state index in [0.717, 1.165) is 5.69 Å². The lowest BCUT2D eigenvalue weighted by atomic mass is 9.97. The van der Waals surface area contributed by atoms with Crippen LogP contribution in [0.2, 0.25) is 5.02 Å². The number of carbonyl (C=O) groups is 2. The second kappa shape index (κ2) is 14.4. The number of halogens is 3. The third kappa shape index (κ3) is 7.51. The summed E-state index contributed by atoms with van der Waals surface area (Å²) in [5.41, 5.74) is 8.80. The third-order valence-electron chi connectivity index (χ3n) is 6.12. The van der Waals surface area contributed by atoms with Gasteiger partial charge in [-0.25, -0.2) is 9.97 Å². The van der Waals surface area contributed by atoms with Gasteiger partial charge >= 0.3 is 0 Å². The van der Waals surface area contributed by atoms with E-state index in [1.807, 2.05) is 0 Å². The van der Waals surface area contributed by atoms with Gasteiger partial charge in [0, 0.05) is 40.1 Å². The van der Waals surface area contributed by atoms with Crippen molar-refractivity contribution in [2.75, 3.05) is 10.6 Å². The summed E-state index contributed by atoms with van der Waals surface area (Å²) in [6.07, 6.45) is 4.72. The third-order valence-corrected chi connectivity index (χ3v) is 6.35. The number of aromatic nitrogens is 3. The second-order valence-corrected chi connectivity index (χ2v) is 9.38. The van der Waals surface area contributed by atoms with Gasteiger partial charge in [-0.05, 0) is 54.1 Å². The number of aromatic amines is 1. The van der Waals surface area contributed by atoms with E-state index in [1.165, 1.54) is 24.7 Å². The van der Waals surface area contributed by atoms with Crippen molar-refractivity contribution in [1.29, 1.82) is 5.26 Å². The molecule has 220 valence electrons. The molecule has 1 atom stereocenters. The van der Waals surface area contributed by atoms with E-state index >= 15 is 0 Å². The molecule has 3 aromatic heterocycles. The van der Waals surface area contributed by atoms with Crippen LogP contribution < -0.4 is 16.4 Å². The predicted molar refractivity (Wildman–Crippen MR) is 167 cm³/mol. The zero-order valence-corrected chi connectivity index (χ0v) is 24.5. The number of amides is 2. The van der Waals surface area contributed by atoms with Crippen LogP contribution in [0.4, 0.5) is 11.5 Å². The highest BCUT2D eigenvalue weighted by Crippen LogP contribution is 2.37. The van der Waals surface area contributed by atoms with Crippen molar-refractivity contribution in [3.63, 3.8) is 0 Å². The summed E-state index contributed by atoms with van der Waals surface area (Å²) in [5, 5.41) is 26.5. The maximum atomic E-state index is 12.8. The number of carbonyl (C=O) groups excluding carboxylic acids is 2. The zero-order chi connectivity index (χ0) is 28.9. The first-order valence-corrected chi connectivity index (χ1v) is 12.6. The Bertz CT molecular complexity index is 1770. The number of furan rings is 1. The summed E-state index contributed by atoms with van der Waals surface area (Å²) < 4.78 is 5.17. The number of pyridine rings is 1. The molecule has 0 bridgehead atoms. The first-order chi connectivity index (χ1) is 19.8. The summed E-state index contributed by atoms with van der Waals surface area (Å²) >= 11 is 6.02. The van der Waals surface area contributed by atoms with Gasteiger partial charge in [-0.15, -0.1) is 24.8 Å². The number of anilines is 2. The minimum atomic E-state index is -0.836. The van der Waals surface area contributed by atoms with Gasteiger partial charge in [0.25, 0.3) is 5.91 Å². The minimum absolute atomic E-state index is 0. The number of H-pyrrole nitrogens is 1. The van der Waals surface area contributed by atoms with Crippen molar-refractivity contribution in [3.8, 4) is 34.2 Å². The summed E-state index contributed by atoms with van der Waals surface area (Å²) in [4.78, 5) is 36.9. The number of nitriles is 1. The summed E-state index contributed by atoms with van der Waals surface area (Å²) in [7, 11) is 0. The average Bonchev–Trinajstić information content (AvgIpc) is 3.68. The number of phenolic OH excluding ortho intramolecular Hbond substituents is 1. The van der Waals surface area contributed by atoms with Crippen LogP contribution in [0.5, 0.6) is 5.75 Å². The van der Waals surface area contributed by atoms with Crippen LogP contribution in [0.25, 0.3) is 22.4 Å². The predicted octanol–water partition coefficient (Wildman–Crippen LogP) is 5.57. The van der Waals surface area contributed by atoms with Gasteiger partial charge in [-0.2, -0.15) is 5.26 Å². The molecule has 14 heteroatoms. The Labute approximate surface area is 262 Å². The SMILES string of the molecule is Cl.Cl.N#Cc1c(-c2cccc(NC(=O)[C@@H](N)Cc3cnc[nH]3)c2)cc(-c2ccc(Cl)cc2O)nc1NC(=O)c1ccco1. The maximum Gasteiger partial charge on any atom is 0.292 e. The van der Waals surface area contributed by atoms with Crippen LogP contribution in [0.1, 0.15) is 21.8 Å². The van der Waals surface area contributed by atoms with Crippen LogP contribution >= 0.6 is 36.4 Å². The maximum absolute atomic E-state index is 12.8. The number of phenols is 1. The highest BCUT2D eigenvalue weighted by Gasteiger charge is 2.21. The molecular weight excluding hydrogens is 617 g/mol.